The molecule has 104 valence electrons. The molecule has 0 aromatic rings. The van der Waals surface area contributed by atoms with E-state index in [4.69, 9.17) is 9.84 Å². The van der Waals surface area contributed by atoms with Gasteiger partial charge in [0.2, 0.25) is 0 Å². The highest BCUT2D eigenvalue weighted by atomic mass is 16.5. The van der Waals surface area contributed by atoms with Crippen LogP contribution < -0.4 is 10.6 Å². The maximum absolute atomic E-state index is 11.6. The maximum atomic E-state index is 11.6. The van der Waals surface area contributed by atoms with Crippen LogP contribution in [-0.4, -0.2) is 42.9 Å². The summed E-state index contributed by atoms with van der Waals surface area (Å²) < 4.78 is 5.20. The monoisotopic (exact) mass is 258 g/mol. The van der Waals surface area contributed by atoms with Gasteiger partial charge in [0, 0.05) is 19.1 Å². The number of carboxylic acids is 1. The molecule has 0 bridgehead atoms. The molecule has 1 aliphatic rings. The molecule has 3 N–H and O–H groups in total. The highest BCUT2D eigenvalue weighted by Crippen LogP contribution is 2.10. The number of hydrogen-bond donors (Lipinski definition) is 3. The Morgan fingerprint density at radius 3 is 2.67 bits per heavy atom. The first-order valence-corrected chi connectivity index (χ1v) is 6.34. The first-order chi connectivity index (χ1) is 8.49. The lowest BCUT2D eigenvalue weighted by Crippen LogP contribution is -2.47. The lowest BCUT2D eigenvalue weighted by atomic mass is 10.0. The fourth-order valence-corrected chi connectivity index (χ4v) is 1.88. The third-order valence-corrected chi connectivity index (χ3v) is 2.89. The molecule has 2 amide bonds. The van der Waals surface area contributed by atoms with Crippen LogP contribution in [0.3, 0.4) is 0 Å². The third kappa shape index (κ3) is 5.35. The largest absolute Gasteiger partial charge is 0.480 e. The summed E-state index contributed by atoms with van der Waals surface area (Å²) in [7, 11) is 0. The summed E-state index contributed by atoms with van der Waals surface area (Å²) in [6.07, 6.45) is 1.37. The molecule has 0 radical (unpaired) electrons. The molecule has 1 fully saturated rings. The molecular weight excluding hydrogens is 236 g/mol. The van der Waals surface area contributed by atoms with E-state index in [-0.39, 0.29) is 5.92 Å². The number of nitrogens with one attached hydrogen (secondary N) is 2. The van der Waals surface area contributed by atoms with Gasteiger partial charge in [0.05, 0.1) is 6.61 Å². The van der Waals surface area contributed by atoms with Crippen molar-refractivity contribution in [1.82, 2.24) is 10.6 Å². The van der Waals surface area contributed by atoms with Crippen LogP contribution in [0.5, 0.6) is 0 Å². The van der Waals surface area contributed by atoms with Crippen LogP contribution >= 0.6 is 0 Å². The third-order valence-electron chi connectivity index (χ3n) is 2.89. The standard InChI is InChI=1S/C12H22N2O4/c1-8(2)5-10(11(15)16)14-12(17)13-6-9-3-4-18-7-9/h8-10H,3-7H2,1-2H3,(H,15,16)(H2,13,14,17)/t9?,10-/m1/s1. The van der Waals surface area contributed by atoms with Crippen molar-refractivity contribution in [1.29, 1.82) is 0 Å². The number of carboxylic acid groups (broad SMARTS) is 1. The highest BCUT2D eigenvalue weighted by molar-refractivity contribution is 5.82. The zero-order valence-corrected chi connectivity index (χ0v) is 10.9. The van der Waals surface area contributed by atoms with Gasteiger partial charge in [0.25, 0.3) is 0 Å². The average Bonchev–Trinajstić information content (AvgIpc) is 2.77. The van der Waals surface area contributed by atoms with Crippen molar-refractivity contribution in [2.45, 2.75) is 32.7 Å². The number of urea groups is 1. The molecule has 0 saturated carbocycles. The smallest absolute Gasteiger partial charge is 0.326 e. The van der Waals surface area contributed by atoms with Gasteiger partial charge in [0.15, 0.2) is 0 Å². The molecule has 1 unspecified atom stereocenters. The van der Waals surface area contributed by atoms with Crippen molar-refractivity contribution in [3.63, 3.8) is 0 Å². The van der Waals surface area contributed by atoms with Crippen molar-refractivity contribution < 1.29 is 19.4 Å². The number of aliphatic carboxylic acids is 1. The fraction of sp³-hybridized carbons (Fsp3) is 0.833. The van der Waals surface area contributed by atoms with Gasteiger partial charge in [-0.2, -0.15) is 0 Å². The Morgan fingerprint density at radius 1 is 1.44 bits per heavy atom. The summed E-state index contributed by atoms with van der Waals surface area (Å²) in [6, 6.07) is -1.25. The Balaban J connectivity index is 2.29. The van der Waals surface area contributed by atoms with E-state index in [1.165, 1.54) is 0 Å². The van der Waals surface area contributed by atoms with E-state index in [9.17, 15) is 9.59 Å². The van der Waals surface area contributed by atoms with E-state index >= 15 is 0 Å². The van der Waals surface area contributed by atoms with E-state index in [1.807, 2.05) is 13.8 Å². The van der Waals surface area contributed by atoms with Gasteiger partial charge in [-0.15, -0.1) is 0 Å². The minimum atomic E-state index is -0.997. The second-order valence-corrected chi connectivity index (χ2v) is 5.10. The molecule has 1 rings (SSSR count). The quantitative estimate of drug-likeness (QED) is 0.658. The maximum Gasteiger partial charge on any atom is 0.326 e. The summed E-state index contributed by atoms with van der Waals surface area (Å²) in [6.45, 7) is 5.77. The van der Waals surface area contributed by atoms with E-state index in [0.717, 1.165) is 13.0 Å². The molecule has 0 aliphatic carbocycles. The van der Waals surface area contributed by atoms with Gasteiger partial charge in [-0.1, -0.05) is 13.8 Å². The van der Waals surface area contributed by atoms with Crippen molar-refractivity contribution in [2.75, 3.05) is 19.8 Å². The zero-order chi connectivity index (χ0) is 13.5. The Hall–Kier alpha value is -1.30. The summed E-state index contributed by atoms with van der Waals surface area (Å²) in [5.41, 5.74) is 0. The van der Waals surface area contributed by atoms with Crippen molar-refractivity contribution in [3.8, 4) is 0 Å². The molecule has 18 heavy (non-hydrogen) atoms. The Labute approximate surface area is 107 Å². The fourth-order valence-electron chi connectivity index (χ4n) is 1.88. The van der Waals surface area contributed by atoms with Crippen LogP contribution in [0.25, 0.3) is 0 Å². The summed E-state index contributed by atoms with van der Waals surface area (Å²) >= 11 is 0. The van der Waals surface area contributed by atoms with Crippen LogP contribution in [0, 0.1) is 11.8 Å². The Bertz CT molecular complexity index is 288. The van der Waals surface area contributed by atoms with Gasteiger partial charge < -0.3 is 20.5 Å². The number of hydrogen-bond acceptors (Lipinski definition) is 3. The first kappa shape index (κ1) is 14.8. The summed E-state index contributed by atoms with van der Waals surface area (Å²) in [4.78, 5) is 22.5. The zero-order valence-electron chi connectivity index (χ0n) is 10.9. The van der Waals surface area contributed by atoms with E-state index in [0.29, 0.717) is 25.5 Å². The van der Waals surface area contributed by atoms with Crippen LogP contribution in [-0.2, 0) is 9.53 Å². The first-order valence-electron chi connectivity index (χ1n) is 6.34. The lowest BCUT2D eigenvalue weighted by Gasteiger charge is -2.17. The topological polar surface area (TPSA) is 87.7 Å². The minimum absolute atomic E-state index is 0.217. The van der Waals surface area contributed by atoms with Crippen LogP contribution in [0.2, 0.25) is 0 Å². The average molecular weight is 258 g/mol. The van der Waals surface area contributed by atoms with Gasteiger partial charge >= 0.3 is 12.0 Å². The lowest BCUT2D eigenvalue weighted by molar-refractivity contribution is -0.139. The Kier molecular flexibility index (Phi) is 5.91. The van der Waals surface area contributed by atoms with E-state index < -0.39 is 18.0 Å². The minimum Gasteiger partial charge on any atom is -0.480 e. The molecule has 6 nitrogen and oxygen atoms in total. The predicted molar refractivity (Wildman–Crippen MR) is 66.3 cm³/mol. The molecule has 6 heteroatoms. The number of rotatable bonds is 6. The van der Waals surface area contributed by atoms with Crippen LogP contribution in [0.1, 0.15) is 26.7 Å². The number of ether oxygens (including phenoxy) is 1. The van der Waals surface area contributed by atoms with E-state index in [2.05, 4.69) is 10.6 Å². The normalized spacial score (nSPS) is 20.7. The predicted octanol–water partition coefficient (Wildman–Crippen LogP) is 0.821. The van der Waals surface area contributed by atoms with Crippen LogP contribution in [0.4, 0.5) is 4.79 Å². The SMILES string of the molecule is CC(C)C[C@@H](NC(=O)NCC1CCOC1)C(=O)O. The summed E-state index contributed by atoms with van der Waals surface area (Å²) in [5, 5.41) is 14.2. The molecule has 0 aromatic heterocycles. The molecule has 0 aromatic carbocycles. The highest BCUT2D eigenvalue weighted by Gasteiger charge is 2.22. The van der Waals surface area contributed by atoms with Gasteiger partial charge in [-0.25, -0.2) is 9.59 Å². The second-order valence-electron chi connectivity index (χ2n) is 5.10. The van der Waals surface area contributed by atoms with Gasteiger partial charge in [-0.3, -0.25) is 0 Å². The molecule has 1 saturated heterocycles. The second kappa shape index (κ2) is 7.20. The summed E-state index contributed by atoms with van der Waals surface area (Å²) in [5.74, 6) is -0.443. The number of carbonyl (C=O) groups is 2. The van der Waals surface area contributed by atoms with E-state index in [1.54, 1.807) is 0 Å². The van der Waals surface area contributed by atoms with Crippen molar-refractivity contribution in [3.05, 3.63) is 0 Å². The number of carbonyl (C=O) groups excluding carboxylic acids is 1. The molecule has 2 atom stereocenters. The molecular formula is C12H22N2O4. The number of amides is 2. The van der Waals surface area contributed by atoms with Crippen LogP contribution in [0.15, 0.2) is 0 Å². The van der Waals surface area contributed by atoms with Gasteiger partial charge in [-0.05, 0) is 18.8 Å². The van der Waals surface area contributed by atoms with Gasteiger partial charge in [0.1, 0.15) is 6.04 Å². The Morgan fingerprint density at radius 2 is 2.17 bits per heavy atom. The molecule has 1 heterocycles. The molecule has 0 spiro atoms. The van der Waals surface area contributed by atoms with Crippen molar-refractivity contribution in [2.24, 2.45) is 11.8 Å². The van der Waals surface area contributed by atoms with Crippen molar-refractivity contribution >= 4 is 12.0 Å². The molecule has 1 aliphatic heterocycles.